The summed E-state index contributed by atoms with van der Waals surface area (Å²) in [5.41, 5.74) is 0.454. The van der Waals surface area contributed by atoms with Gasteiger partial charge in [0.25, 0.3) is 5.91 Å². The van der Waals surface area contributed by atoms with Crippen LogP contribution in [0.5, 0.6) is 5.75 Å². The molecule has 0 saturated heterocycles. The van der Waals surface area contributed by atoms with E-state index in [4.69, 9.17) is 4.74 Å². The average molecular weight is 386 g/mol. The Kier molecular flexibility index (Phi) is 4.55. The smallest absolute Gasteiger partial charge is 0.260 e. The van der Waals surface area contributed by atoms with Gasteiger partial charge >= 0.3 is 0 Å². The van der Waals surface area contributed by atoms with E-state index < -0.39 is 0 Å². The zero-order chi connectivity index (χ0) is 13.8. The van der Waals surface area contributed by atoms with Crippen LogP contribution in [0.2, 0.25) is 0 Å². The fourth-order valence-electron chi connectivity index (χ4n) is 1.49. The second-order valence-electron chi connectivity index (χ2n) is 3.66. The number of ether oxygens (including phenoxy) is 1. The number of halogens is 2. The number of aromatic nitrogens is 1. The maximum Gasteiger partial charge on any atom is 0.260 e. The number of pyridine rings is 1. The van der Waals surface area contributed by atoms with Crippen molar-refractivity contribution in [3.63, 3.8) is 0 Å². The highest BCUT2D eigenvalue weighted by Gasteiger charge is 2.13. The molecular formula is C13H10Br2N2O2. The lowest BCUT2D eigenvalue weighted by atomic mass is 10.2. The van der Waals surface area contributed by atoms with Crippen LogP contribution in [0.25, 0.3) is 0 Å². The largest absolute Gasteiger partial charge is 0.496 e. The maximum absolute atomic E-state index is 12.1. The highest BCUT2D eigenvalue weighted by Crippen LogP contribution is 2.24. The number of carbonyl (C=O) groups excluding carboxylic acids is 1. The van der Waals surface area contributed by atoms with Crippen LogP contribution >= 0.6 is 31.9 Å². The summed E-state index contributed by atoms with van der Waals surface area (Å²) in [7, 11) is 1.52. The summed E-state index contributed by atoms with van der Waals surface area (Å²) in [5, 5.41) is 2.71. The molecule has 4 nitrogen and oxygen atoms in total. The Hall–Kier alpha value is -1.40. The van der Waals surface area contributed by atoms with Crippen molar-refractivity contribution < 1.29 is 9.53 Å². The van der Waals surface area contributed by atoms with Crippen molar-refractivity contribution in [3.05, 3.63) is 51.0 Å². The van der Waals surface area contributed by atoms with Crippen LogP contribution in [0.3, 0.4) is 0 Å². The van der Waals surface area contributed by atoms with E-state index in [1.54, 1.807) is 36.5 Å². The zero-order valence-corrected chi connectivity index (χ0v) is 13.2. The van der Waals surface area contributed by atoms with E-state index in [-0.39, 0.29) is 5.91 Å². The van der Waals surface area contributed by atoms with Crippen molar-refractivity contribution in [2.24, 2.45) is 0 Å². The van der Waals surface area contributed by atoms with Gasteiger partial charge in [0.2, 0.25) is 0 Å². The Morgan fingerprint density at radius 1 is 1.21 bits per heavy atom. The number of nitrogens with zero attached hydrogens (tertiary/aromatic N) is 1. The molecule has 1 heterocycles. The molecule has 0 saturated carbocycles. The minimum atomic E-state index is -0.265. The number of hydrogen-bond acceptors (Lipinski definition) is 3. The van der Waals surface area contributed by atoms with Gasteiger partial charge in [0.05, 0.1) is 12.7 Å². The molecule has 0 atom stereocenters. The highest BCUT2D eigenvalue weighted by molar-refractivity contribution is 9.10. The van der Waals surface area contributed by atoms with Crippen LogP contribution in [0, 0.1) is 0 Å². The summed E-state index contributed by atoms with van der Waals surface area (Å²) < 4.78 is 6.89. The third kappa shape index (κ3) is 3.54. The molecule has 0 spiro atoms. The first-order chi connectivity index (χ1) is 9.10. The molecule has 0 radical (unpaired) electrons. The van der Waals surface area contributed by atoms with Gasteiger partial charge in [-0.1, -0.05) is 15.9 Å². The lowest BCUT2D eigenvalue weighted by molar-refractivity contribution is 0.102. The molecule has 6 heteroatoms. The Morgan fingerprint density at radius 2 is 1.95 bits per heavy atom. The van der Waals surface area contributed by atoms with Crippen molar-refractivity contribution in [1.82, 2.24) is 4.98 Å². The first kappa shape index (κ1) is 14.0. The number of methoxy groups -OCH3 is 1. The third-order valence-corrected chi connectivity index (χ3v) is 3.34. The van der Waals surface area contributed by atoms with Crippen LogP contribution in [-0.4, -0.2) is 18.0 Å². The Balaban J connectivity index is 2.22. The molecule has 1 amide bonds. The number of rotatable bonds is 3. The average Bonchev–Trinajstić information content (AvgIpc) is 2.41. The Labute approximate surface area is 127 Å². The van der Waals surface area contributed by atoms with Crippen molar-refractivity contribution in [3.8, 4) is 5.75 Å². The highest BCUT2D eigenvalue weighted by atomic mass is 79.9. The van der Waals surface area contributed by atoms with E-state index in [0.717, 1.165) is 8.95 Å². The van der Waals surface area contributed by atoms with E-state index in [2.05, 4.69) is 42.2 Å². The molecule has 0 aliphatic carbocycles. The molecule has 19 heavy (non-hydrogen) atoms. The number of nitrogens with one attached hydrogen (secondary N) is 1. The van der Waals surface area contributed by atoms with Crippen molar-refractivity contribution in [2.75, 3.05) is 12.4 Å². The van der Waals surface area contributed by atoms with Crippen LogP contribution in [-0.2, 0) is 0 Å². The lowest BCUT2D eigenvalue weighted by Gasteiger charge is -2.09. The number of carbonyl (C=O) groups is 1. The van der Waals surface area contributed by atoms with Gasteiger partial charge in [-0.25, -0.2) is 4.98 Å². The SMILES string of the molecule is COc1cc(Br)ccc1C(=O)Nc1ccc(Br)cn1. The van der Waals surface area contributed by atoms with Crippen LogP contribution in [0.15, 0.2) is 45.5 Å². The minimum Gasteiger partial charge on any atom is -0.496 e. The van der Waals surface area contributed by atoms with Gasteiger partial charge in [0, 0.05) is 15.1 Å². The van der Waals surface area contributed by atoms with Crippen LogP contribution in [0.4, 0.5) is 5.82 Å². The van der Waals surface area contributed by atoms with E-state index >= 15 is 0 Å². The molecule has 2 aromatic rings. The quantitative estimate of drug-likeness (QED) is 0.872. The summed E-state index contributed by atoms with van der Waals surface area (Å²) in [6, 6.07) is 8.74. The molecule has 0 aliphatic rings. The van der Waals surface area contributed by atoms with Crippen molar-refractivity contribution >= 4 is 43.6 Å². The molecule has 0 bridgehead atoms. The third-order valence-electron chi connectivity index (χ3n) is 2.38. The first-order valence-electron chi connectivity index (χ1n) is 5.36. The molecular weight excluding hydrogens is 376 g/mol. The second-order valence-corrected chi connectivity index (χ2v) is 5.49. The van der Waals surface area contributed by atoms with Gasteiger partial charge in [-0.3, -0.25) is 4.79 Å². The van der Waals surface area contributed by atoms with Gasteiger partial charge in [-0.05, 0) is 46.3 Å². The molecule has 1 aromatic carbocycles. The standard InChI is InChI=1S/C13H10Br2N2O2/c1-19-11-6-8(14)2-4-10(11)13(18)17-12-5-3-9(15)7-16-12/h2-7H,1H3,(H,16,17,18). The maximum atomic E-state index is 12.1. The Bertz CT molecular complexity index is 600. The summed E-state index contributed by atoms with van der Waals surface area (Å²) in [5.74, 6) is 0.723. The van der Waals surface area contributed by atoms with Crippen LogP contribution < -0.4 is 10.1 Å². The van der Waals surface area contributed by atoms with Crippen molar-refractivity contribution in [2.45, 2.75) is 0 Å². The molecule has 0 fully saturated rings. The predicted octanol–water partition coefficient (Wildman–Crippen LogP) is 3.87. The summed E-state index contributed by atoms with van der Waals surface area (Å²) >= 11 is 6.62. The van der Waals surface area contributed by atoms with E-state index in [1.807, 2.05) is 0 Å². The molecule has 0 aliphatic heterocycles. The van der Waals surface area contributed by atoms with E-state index in [9.17, 15) is 4.79 Å². The van der Waals surface area contributed by atoms with Gasteiger partial charge in [-0.15, -0.1) is 0 Å². The number of anilines is 1. The monoisotopic (exact) mass is 384 g/mol. The molecule has 98 valence electrons. The summed E-state index contributed by atoms with van der Waals surface area (Å²) in [6.07, 6.45) is 1.62. The van der Waals surface area contributed by atoms with Gasteiger partial charge in [-0.2, -0.15) is 0 Å². The van der Waals surface area contributed by atoms with Gasteiger partial charge < -0.3 is 10.1 Å². The first-order valence-corrected chi connectivity index (χ1v) is 6.95. The predicted molar refractivity (Wildman–Crippen MR) is 80.6 cm³/mol. The second kappa shape index (κ2) is 6.16. The Morgan fingerprint density at radius 3 is 2.58 bits per heavy atom. The summed E-state index contributed by atoms with van der Waals surface area (Å²) in [4.78, 5) is 16.2. The minimum absolute atomic E-state index is 0.265. The zero-order valence-electron chi connectivity index (χ0n) is 9.98. The van der Waals surface area contributed by atoms with E-state index in [1.165, 1.54) is 7.11 Å². The number of hydrogen-bond donors (Lipinski definition) is 1. The topological polar surface area (TPSA) is 51.2 Å². The molecule has 1 aromatic heterocycles. The summed E-state index contributed by atoms with van der Waals surface area (Å²) in [6.45, 7) is 0. The molecule has 0 unspecified atom stereocenters. The van der Waals surface area contributed by atoms with Gasteiger partial charge in [0.15, 0.2) is 0 Å². The molecule has 1 N–H and O–H groups in total. The van der Waals surface area contributed by atoms with Gasteiger partial charge in [0.1, 0.15) is 11.6 Å². The van der Waals surface area contributed by atoms with Crippen molar-refractivity contribution in [1.29, 1.82) is 0 Å². The normalized spacial score (nSPS) is 10.1. The number of benzene rings is 1. The lowest BCUT2D eigenvalue weighted by Crippen LogP contribution is -2.14. The number of amides is 1. The van der Waals surface area contributed by atoms with E-state index in [0.29, 0.717) is 17.1 Å². The van der Waals surface area contributed by atoms with Crippen LogP contribution in [0.1, 0.15) is 10.4 Å². The fourth-order valence-corrected chi connectivity index (χ4v) is 2.06. The molecule has 2 rings (SSSR count). The fraction of sp³-hybridized carbons (Fsp3) is 0.0769.